The number of aliphatic carboxylic acids is 1. The maximum Gasteiger partial charge on any atom is 0.317 e. The molecule has 0 aliphatic carbocycles. The minimum absolute atomic E-state index is 0.0492. The molecule has 0 saturated carbocycles. The van der Waals surface area contributed by atoms with Crippen molar-refractivity contribution in [1.29, 1.82) is 0 Å². The molecule has 0 aromatic heterocycles. The molecule has 1 aromatic rings. The highest BCUT2D eigenvalue weighted by atomic mass is 35.5. The first-order valence-electron chi connectivity index (χ1n) is 7.03. The summed E-state index contributed by atoms with van der Waals surface area (Å²) < 4.78 is 0. The van der Waals surface area contributed by atoms with E-state index in [0.717, 1.165) is 18.4 Å². The Balaban J connectivity index is 1.83. The number of hydrogen-bond acceptors (Lipinski definition) is 2. The van der Waals surface area contributed by atoms with Crippen LogP contribution in [0.1, 0.15) is 24.8 Å². The summed E-state index contributed by atoms with van der Waals surface area (Å²) in [5, 5.41) is 12.3. The predicted octanol–water partition coefficient (Wildman–Crippen LogP) is 2.74. The zero-order chi connectivity index (χ0) is 15.2. The van der Waals surface area contributed by atoms with E-state index in [0.29, 0.717) is 24.7 Å². The van der Waals surface area contributed by atoms with E-state index in [9.17, 15) is 9.59 Å². The molecule has 0 bridgehead atoms. The van der Waals surface area contributed by atoms with Crippen LogP contribution in [-0.2, 0) is 11.3 Å². The topological polar surface area (TPSA) is 69.6 Å². The van der Waals surface area contributed by atoms with Crippen LogP contribution < -0.4 is 5.32 Å². The molecule has 1 aromatic carbocycles. The molecule has 1 saturated heterocycles. The van der Waals surface area contributed by atoms with Crippen LogP contribution in [0.2, 0.25) is 5.02 Å². The molecule has 2 rings (SSSR count). The molecule has 1 heterocycles. The zero-order valence-corrected chi connectivity index (χ0v) is 12.5. The molecule has 21 heavy (non-hydrogen) atoms. The lowest BCUT2D eigenvalue weighted by Gasteiger charge is -2.32. The average Bonchev–Trinajstić information content (AvgIpc) is 2.44. The second-order valence-corrected chi connectivity index (χ2v) is 5.78. The Bertz CT molecular complexity index is 521. The molecule has 0 radical (unpaired) electrons. The van der Waals surface area contributed by atoms with Crippen molar-refractivity contribution >= 4 is 23.6 Å². The normalized spacial score (nSPS) is 18.3. The number of likely N-dealkylation sites (tertiary alicyclic amines) is 1. The number of nitrogens with one attached hydrogen (secondary N) is 1. The van der Waals surface area contributed by atoms with Crippen molar-refractivity contribution in [2.24, 2.45) is 5.92 Å². The van der Waals surface area contributed by atoms with Gasteiger partial charge in [0.05, 0.1) is 0 Å². The number of piperidine rings is 1. The number of carbonyl (C=O) groups is 2. The lowest BCUT2D eigenvalue weighted by Crippen LogP contribution is -2.45. The van der Waals surface area contributed by atoms with E-state index in [1.165, 1.54) is 0 Å². The van der Waals surface area contributed by atoms with Gasteiger partial charge in [-0.25, -0.2) is 4.79 Å². The number of hydrogen-bond donors (Lipinski definition) is 2. The Morgan fingerprint density at radius 1 is 1.43 bits per heavy atom. The van der Waals surface area contributed by atoms with Crippen LogP contribution in [0.25, 0.3) is 0 Å². The van der Waals surface area contributed by atoms with E-state index in [4.69, 9.17) is 16.7 Å². The van der Waals surface area contributed by atoms with Crippen molar-refractivity contribution in [3.05, 3.63) is 34.9 Å². The fourth-order valence-electron chi connectivity index (χ4n) is 2.60. The number of carboxylic acids is 1. The standard InChI is InChI=1S/C15H19ClN2O3/c16-13-5-1-3-11(7-13)9-17-15(21)18-6-2-4-12(10-18)8-14(19)20/h1,3,5,7,12H,2,4,6,8-10H2,(H,17,21)(H,19,20). The molecule has 1 fully saturated rings. The van der Waals surface area contributed by atoms with Gasteiger partial charge in [0, 0.05) is 31.1 Å². The second kappa shape index (κ2) is 7.31. The van der Waals surface area contributed by atoms with Gasteiger partial charge in [-0.15, -0.1) is 0 Å². The summed E-state index contributed by atoms with van der Waals surface area (Å²) in [6, 6.07) is 7.19. The van der Waals surface area contributed by atoms with Crippen LogP contribution in [0.3, 0.4) is 0 Å². The van der Waals surface area contributed by atoms with Crippen molar-refractivity contribution in [1.82, 2.24) is 10.2 Å². The lowest BCUT2D eigenvalue weighted by atomic mass is 9.95. The highest BCUT2D eigenvalue weighted by Gasteiger charge is 2.24. The van der Waals surface area contributed by atoms with E-state index in [1.807, 2.05) is 18.2 Å². The Labute approximate surface area is 128 Å². The number of carbonyl (C=O) groups excluding carboxylic acids is 1. The highest BCUT2D eigenvalue weighted by molar-refractivity contribution is 6.30. The van der Waals surface area contributed by atoms with Crippen LogP contribution in [0, 0.1) is 5.92 Å². The Morgan fingerprint density at radius 3 is 2.95 bits per heavy atom. The van der Waals surface area contributed by atoms with Gasteiger partial charge in [-0.1, -0.05) is 23.7 Å². The summed E-state index contributed by atoms with van der Waals surface area (Å²) in [7, 11) is 0. The molecular weight excluding hydrogens is 292 g/mol. The molecule has 5 nitrogen and oxygen atoms in total. The van der Waals surface area contributed by atoms with Crippen molar-refractivity contribution in [3.63, 3.8) is 0 Å². The third-order valence-electron chi connectivity index (χ3n) is 3.60. The molecule has 114 valence electrons. The first-order valence-corrected chi connectivity index (χ1v) is 7.41. The van der Waals surface area contributed by atoms with Crippen molar-refractivity contribution < 1.29 is 14.7 Å². The number of carboxylic acid groups (broad SMARTS) is 1. The number of halogens is 1. The molecule has 1 atom stereocenters. The fraction of sp³-hybridized carbons (Fsp3) is 0.467. The van der Waals surface area contributed by atoms with Crippen molar-refractivity contribution in [3.8, 4) is 0 Å². The third kappa shape index (κ3) is 4.93. The number of rotatable bonds is 4. The summed E-state index contributed by atoms with van der Waals surface area (Å²) in [6.45, 7) is 1.60. The molecule has 1 aliphatic rings. The van der Waals surface area contributed by atoms with E-state index < -0.39 is 5.97 Å². The van der Waals surface area contributed by atoms with Crippen LogP contribution in [-0.4, -0.2) is 35.1 Å². The van der Waals surface area contributed by atoms with Gasteiger partial charge in [-0.05, 0) is 36.5 Å². The third-order valence-corrected chi connectivity index (χ3v) is 3.84. The van der Waals surface area contributed by atoms with Gasteiger partial charge in [0.2, 0.25) is 0 Å². The molecule has 2 amide bonds. The summed E-state index contributed by atoms with van der Waals surface area (Å²) >= 11 is 5.90. The maximum atomic E-state index is 12.1. The van der Waals surface area contributed by atoms with Crippen LogP contribution in [0.15, 0.2) is 24.3 Å². The second-order valence-electron chi connectivity index (χ2n) is 5.34. The van der Waals surface area contributed by atoms with E-state index in [-0.39, 0.29) is 18.4 Å². The van der Waals surface area contributed by atoms with Crippen molar-refractivity contribution in [2.45, 2.75) is 25.8 Å². The Hall–Kier alpha value is -1.75. The Morgan fingerprint density at radius 2 is 2.24 bits per heavy atom. The molecule has 0 spiro atoms. The zero-order valence-electron chi connectivity index (χ0n) is 11.7. The number of nitrogens with zero attached hydrogens (tertiary/aromatic N) is 1. The first kappa shape index (κ1) is 15.6. The summed E-state index contributed by atoms with van der Waals surface area (Å²) in [5.74, 6) is -0.755. The van der Waals surface area contributed by atoms with Gasteiger partial charge in [0.25, 0.3) is 0 Å². The van der Waals surface area contributed by atoms with Gasteiger partial charge in [0.1, 0.15) is 0 Å². The summed E-state index contributed by atoms with van der Waals surface area (Å²) in [6.07, 6.45) is 1.84. The largest absolute Gasteiger partial charge is 0.481 e. The SMILES string of the molecule is O=C(O)CC1CCCN(C(=O)NCc2cccc(Cl)c2)C1. The maximum absolute atomic E-state index is 12.1. The fourth-order valence-corrected chi connectivity index (χ4v) is 2.81. The van der Waals surface area contributed by atoms with Gasteiger partial charge in [-0.2, -0.15) is 0 Å². The molecule has 1 unspecified atom stereocenters. The lowest BCUT2D eigenvalue weighted by molar-refractivity contribution is -0.138. The van der Waals surface area contributed by atoms with Gasteiger partial charge >= 0.3 is 12.0 Å². The minimum atomic E-state index is -0.804. The first-order chi connectivity index (χ1) is 10.0. The highest BCUT2D eigenvalue weighted by Crippen LogP contribution is 2.19. The van der Waals surface area contributed by atoms with Gasteiger partial charge < -0.3 is 15.3 Å². The number of amides is 2. The van der Waals surface area contributed by atoms with Gasteiger partial charge in [-0.3, -0.25) is 4.79 Å². The number of benzene rings is 1. The van der Waals surface area contributed by atoms with Gasteiger partial charge in [0.15, 0.2) is 0 Å². The van der Waals surface area contributed by atoms with E-state index >= 15 is 0 Å². The minimum Gasteiger partial charge on any atom is -0.481 e. The predicted molar refractivity (Wildman–Crippen MR) is 80.2 cm³/mol. The van der Waals surface area contributed by atoms with Crippen molar-refractivity contribution in [2.75, 3.05) is 13.1 Å². The number of urea groups is 1. The summed E-state index contributed by atoms with van der Waals surface area (Å²) in [5.41, 5.74) is 0.940. The monoisotopic (exact) mass is 310 g/mol. The Kier molecular flexibility index (Phi) is 5.44. The molecular formula is C15H19ClN2O3. The van der Waals surface area contributed by atoms with Crippen LogP contribution >= 0.6 is 11.6 Å². The summed E-state index contributed by atoms with van der Waals surface area (Å²) in [4.78, 5) is 24.6. The van der Waals surface area contributed by atoms with E-state index in [1.54, 1.807) is 11.0 Å². The van der Waals surface area contributed by atoms with Crippen LogP contribution in [0.4, 0.5) is 4.79 Å². The molecule has 2 N–H and O–H groups in total. The quantitative estimate of drug-likeness (QED) is 0.898. The van der Waals surface area contributed by atoms with Crippen LogP contribution in [0.5, 0.6) is 0 Å². The molecule has 6 heteroatoms. The smallest absolute Gasteiger partial charge is 0.317 e. The average molecular weight is 311 g/mol. The van der Waals surface area contributed by atoms with E-state index in [2.05, 4.69) is 5.32 Å². The molecule has 1 aliphatic heterocycles.